The van der Waals surface area contributed by atoms with E-state index in [1.54, 1.807) is 25.1 Å². The van der Waals surface area contributed by atoms with Crippen molar-refractivity contribution in [2.75, 3.05) is 11.1 Å². The van der Waals surface area contributed by atoms with E-state index in [0.29, 0.717) is 11.4 Å². The maximum atomic E-state index is 10.7. The Bertz CT molecular complexity index is 445. The van der Waals surface area contributed by atoms with Crippen LogP contribution in [-0.2, 0) is 9.59 Å². The van der Waals surface area contributed by atoms with E-state index in [2.05, 4.69) is 5.32 Å². The fourth-order valence-corrected chi connectivity index (χ4v) is 1.33. The van der Waals surface area contributed by atoms with E-state index in [1.165, 1.54) is 0 Å². The third-order valence-electron chi connectivity index (χ3n) is 2.27. The number of nitrogen functional groups attached to an aromatic ring is 1. The minimum atomic E-state index is -1.50. The average molecular weight is 236 g/mol. The van der Waals surface area contributed by atoms with Gasteiger partial charge in [0.1, 0.15) is 0 Å². The van der Waals surface area contributed by atoms with Crippen LogP contribution in [0.4, 0.5) is 11.4 Å². The second-order valence-electron chi connectivity index (χ2n) is 3.66. The second-order valence-corrected chi connectivity index (χ2v) is 3.66. The number of nitrogens with two attached hydrogens (primary N) is 1. The van der Waals surface area contributed by atoms with E-state index in [9.17, 15) is 19.8 Å². The number of carboxylic acid groups (broad SMARTS) is 2. The van der Waals surface area contributed by atoms with Crippen LogP contribution in [0.5, 0.6) is 0 Å². The first-order chi connectivity index (χ1) is 7.90. The van der Waals surface area contributed by atoms with E-state index in [1.807, 2.05) is 0 Å². The Labute approximate surface area is 98.1 Å². The number of aryl methyl sites for hydroxylation is 1. The second kappa shape index (κ2) is 5.20. The monoisotopic (exact) mass is 236 g/mol. The molecule has 1 atom stereocenters. The molecule has 0 radical (unpaired) electrons. The predicted molar refractivity (Wildman–Crippen MR) is 57.6 cm³/mol. The summed E-state index contributed by atoms with van der Waals surface area (Å²) in [7, 11) is 0. The summed E-state index contributed by atoms with van der Waals surface area (Å²) in [5.41, 5.74) is 7.40. The number of nitrogens with one attached hydrogen (secondary N) is 1. The zero-order chi connectivity index (χ0) is 13.0. The summed E-state index contributed by atoms with van der Waals surface area (Å²) in [5.74, 6) is -2.96. The van der Waals surface area contributed by atoms with Gasteiger partial charge in [-0.05, 0) is 30.7 Å². The molecule has 1 rings (SSSR count). The van der Waals surface area contributed by atoms with Crippen LogP contribution >= 0.6 is 0 Å². The van der Waals surface area contributed by atoms with Gasteiger partial charge in [0.15, 0.2) is 0 Å². The summed E-state index contributed by atoms with van der Waals surface area (Å²) in [4.78, 5) is 21.1. The van der Waals surface area contributed by atoms with Crippen molar-refractivity contribution in [2.24, 2.45) is 0 Å². The van der Waals surface area contributed by atoms with Crippen molar-refractivity contribution < 1.29 is 19.8 Å². The number of hydrogen-bond acceptors (Lipinski definition) is 6. The van der Waals surface area contributed by atoms with E-state index < -0.39 is 24.4 Å². The molecule has 0 heterocycles. The van der Waals surface area contributed by atoms with Gasteiger partial charge >= 0.3 is 0 Å². The zero-order valence-corrected chi connectivity index (χ0v) is 9.23. The molecule has 17 heavy (non-hydrogen) atoms. The molecular formula is C11H12N2O4-2. The lowest BCUT2D eigenvalue weighted by Gasteiger charge is -2.21. The topological polar surface area (TPSA) is 118 Å². The van der Waals surface area contributed by atoms with Crippen LogP contribution in [-0.4, -0.2) is 18.0 Å². The van der Waals surface area contributed by atoms with Crippen molar-refractivity contribution in [1.29, 1.82) is 0 Å². The van der Waals surface area contributed by atoms with Gasteiger partial charge in [-0.3, -0.25) is 0 Å². The number of carbonyl (C=O) groups excluding carboxylic acids is 2. The van der Waals surface area contributed by atoms with Gasteiger partial charge in [-0.1, -0.05) is 0 Å². The molecule has 0 saturated carbocycles. The first-order valence-electron chi connectivity index (χ1n) is 4.93. The standard InChI is InChI=1S/C11H14N2O4/c1-6-4-7(2-3-8(6)12)13-9(11(16)17)5-10(14)15/h2-4,9,13H,5,12H2,1H3,(H,14,15)(H,16,17)/p-2. The predicted octanol–water partition coefficient (Wildman–Crippen LogP) is -1.75. The first-order valence-corrected chi connectivity index (χ1v) is 4.93. The summed E-state index contributed by atoms with van der Waals surface area (Å²) in [5, 5.41) is 23.6. The molecule has 0 fully saturated rings. The number of anilines is 2. The number of rotatable bonds is 5. The Hall–Kier alpha value is -2.24. The third kappa shape index (κ3) is 3.67. The Kier molecular flexibility index (Phi) is 3.92. The van der Waals surface area contributed by atoms with Crippen molar-refractivity contribution in [3.8, 4) is 0 Å². The van der Waals surface area contributed by atoms with Crippen LogP contribution in [0.3, 0.4) is 0 Å². The maximum Gasteiger partial charge on any atom is 0.0710 e. The SMILES string of the molecule is Cc1cc(NC(CC(=O)[O-])C(=O)[O-])ccc1N. The van der Waals surface area contributed by atoms with Gasteiger partial charge in [0, 0.05) is 23.8 Å². The Morgan fingerprint density at radius 2 is 2.06 bits per heavy atom. The van der Waals surface area contributed by atoms with E-state index in [-0.39, 0.29) is 0 Å². The molecule has 92 valence electrons. The minimum absolute atomic E-state index is 0.465. The largest absolute Gasteiger partial charge is 0.550 e. The van der Waals surface area contributed by atoms with E-state index >= 15 is 0 Å². The van der Waals surface area contributed by atoms with Gasteiger partial charge < -0.3 is 30.9 Å². The Balaban J connectivity index is 2.82. The normalized spacial score (nSPS) is 11.8. The van der Waals surface area contributed by atoms with Gasteiger partial charge in [-0.2, -0.15) is 0 Å². The van der Waals surface area contributed by atoms with Crippen LogP contribution in [0, 0.1) is 6.92 Å². The van der Waals surface area contributed by atoms with Crippen molar-refractivity contribution in [2.45, 2.75) is 19.4 Å². The molecule has 0 aliphatic rings. The number of hydrogen-bond donors (Lipinski definition) is 2. The highest BCUT2D eigenvalue weighted by Crippen LogP contribution is 2.17. The maximum absolute atomic E-state index is 10.7. The molecule has 0 aliphatic carbocycles. The van der Waals surface area contributed by atoms with Crippen LogP contribution in [0.25, 0.3) is 0 Å². The smallest absolute Gasteiger partial charge is 0.0710 e. The Morgan fingerprint density at radius 1 is 1.41 bits per heavy atom. The molecule has 1 unspecified atom stereocenters. The van der Waals surface area contributed by atoms with Crippen LogP contribution in [0.1, 0.15) is 12.0 Å². The summed E-state index contributed by atoms with van der Waals surface area (Å²) in [6.45, 7) is 1.76. The molecular weight excluding hydrogens is 224 g/mol. The van der Waals surface area contributed by atoms with Crippen molar-refractivity contribution in [3.05, 3.63) is 23.8 Å². The average Bonchev–Trinajstić information content (AvgIpc) is 2.21. The molecule has 0 aromatic heterocycles. The summed E-state index contributed by atoms with van der Waals surface area (Å²) < 4.78 is 0. The lowest BCUT2D eigenvalue weighted by molar-refractivity contribution is -0.316. The van der Waals surface area contributed by atoms with E-state index in [4.69, 9.17) is 5.73 Å². The number of carboxylic acids is 2. The van der Waals surface area contributed by atoms with Crippen LogP contribution in [0.2, 0.25) is 0 Å². The molecule has 1 aromatic carbocycles. The minimum Gasteiger partial charge on any atom is -0.550 e. The molecule has 0 bridgehead atoms. The van der Waals surface area contributed by atoms with Crippen LogP contribution in [0.15, 0.2) is 18.2 Å². The molecule has 3 N–H and O–H groups in total. The fraction of sp³-hybridized carbons (Fsp3) is 0.273. The highest BCUT2D eigenvalue weighted by Gasteiger charge is 2.10. The number of carbonyl (C=O) groups is 2. The quantitative estimate of drug-likeness (QED) is 0.585. The number of benzene rings is 1. The highest BCUT2D eigenvalue weighted by molar-refractivity contribution is 5.81. The van der Waals surface area contributed by atoms with E-state index in [0.717, 1.165) is 5.56 Å². The Morgan fingerprint density at radius 3 is 2.53 bits per heavy atom. The van der Waals surface area contributed by atoms with Crippen molar-refractivity contribution >= 4 is 23.3 Å². The first kappa shape index (κ1) is 12.8. The third-order valence-corrected chi connectivity index (χ3v) is 2.27. The van der Waals surface area contributed by atoms with Gasteiger partial charge in [-0.25, -0.2) is 0 Å². The molecule has 6 nitrogen and oxygen atoms in total. The molecule has 0 spiro atoms. The van der Waals surface area contributed by atoms with Gasteiger partial charge in [0.25, 0.3) is 0 Å². The van der Waals surface area contributed by atoms with Gasteiger partial charge in [0.2, 0.25) is 0 Å². The molecule has 0 saturated heterocycles. The van der Waals surface area contributed by atoms with Crippen LogP contribution < -0.4 is 21.3 Å². The van der Waals surface area contributed by atoms with Crippen molar-refractivity contribution in [1.82, 2.24) is 0 Å². The number of aliphatic carboxylic acids is 2. The fourth-order valence-electron chi connectivity index (χ4n) is 1.33. The molecule has 1 aromatic rings. The molecule has 0 amide bonds. The van der Waals surface area contributed by atoms with Gasteiger partial charge in [0.05, 0.1) is 12.0 Å². The highest BCUT2D eigenvalue weighted by atomic mass is 16.4. The summed E-state index contributed by atoms with van der Waals surface area (Å²) >= 11 is 0. The molecule has 6 heteroatoms. The lowest BCUT2D eigenvalue weighted by atomic mass is 10.1. The lowest BCUT2D eigenvalue weighted by Crippen LogP contribution is -2.44. The van der Waals surface area contributed by atoms with Crippen molar-refractivity contribution in [3.63, 3.8) is 0 Å². The zero-order valence-electron chi connectivity index (χ0n) is 9.23. The van der Waals surface area contributed by atoms with Gasteiger partial charge in [-0.15, -0.1) is 0 Å². The summed E-state index contributed by atoms with van der Waals surface area (Å²) in [6.07, 6.45) is -0.661. The summed E-state index contributed by atoms with van der Waals surface area (Å²) in [6, 6.07) is 3.46. The molecule has 0 aliphatic heterocycles.